The maximum absolute atomic E-state index is 5.22. The van der Waals surface area contributed by atoms with E-state index in [0.29, 0.717) is 6.04 Å². The molecule has 118 valence electrons. The SMILES string of the molecule is CCCN1CCCC(Nc2ccccc2CCOC)CC1. The molecule has 3 nitrogen and oxygen atoms in total. The Bertz CT molecular complexity index is 408. The minimum Gasteiger partial charge on any atom is -0.384 e. The molecule has 1 fully saturated rings. The number of rotatable bonds is 7. The van der Waals surface area contributed by atoms with Crippen LogP contribution in [0.15, 0.2) is 24.3 Å². The molecule has 1 saturated heterocycles. The van der Waals surface area contributed by atoms with Crippen molar-refractivity contribution in [2.45, 2.75) is 45.1 Å². The van der Waals surface area contributed by atoms with Crippen LogP contribution in [0.5, 0.6) is 0 Å². The molecule has 0 aliphatic carbocycles. The van der Waals surface area contributed by atoms with Crippen molar-refractivity contribution in [3.8, 4) is 0 Å². The molecule has 1 unspecified atom stereocenters. The van der Waals surface area contributed by atoms with E-state index in [1.165, 1.54) is 56.6 Å². The molecule has 0 amide bonds. The van der Waals surface area contributed by atoms with Crippen LogP contribution in [0.2, 0.25) is 0 Å². The normalized spacial score (nSPS) is 20.2. The monoisotopic (exact) mass is 290 g/mol. The van der Waals surface area contributed by atoms with Gasteiger partial charge in [-0.1, -0.05) is 25.1 Å². The molecule has 2 rings (SSSR count). The van der Waals surface area contributed by atoms with Gasteiger partial charge in [0.2, 0.25) is 0 Å². The first-order valence-electron chi connectivity index (χ1n) is 8.39. The smallest absolute Gasteiger partial charge is 0.0503 e. The first kappa shape index (κ1) is 16.3. The zero-order valence-corrected chi connectivity index (χ0v) is 13.6. The van der Waals surface area contributed by atoms with E-state index >= 15 is 0 Å². The molecule has 0 spiro atoms. The average molecular weight is 290 g/mol. The van der Waals surface area contributed by atoms with Crippen LogP contribution in [0.4, 0.5) is 5.69 Å². The van der Waals surface area contributed by atoms with Crippen LogP contribution < -0.4 is 5.32 Å². The van der Waals surface area contributed by atoms with Crippen LogP contribution >= 0.6 is 0 Å². The molecule has 0 saturated carbocycles. The molecule has 21 heavy (non-hydrogen) atoms. The van der Waals surface area contributed by atoms with Crippen LogP contribution in [-0.4, -0.2) is 44.3 Å². The fourth-order valence-corrected chi connectivity index (χ4v) is 3.15. The maximum Gasteiger partial charge on any atom is 0.0503 e. The van der Waals surface area contributed by atoms with Gasteiger partial charge in [-0.2, -0.15) is 0 Å². The van der Waals surface area contributed by atoms with Gasteiger partial charge >= 0.3 is 0 Å². The Labute approximate surface area is 129 Å². The van der Waals surface area contributed by atoms with E-state index in [0.717, 1.165) is 13.0 Å². The molecule has 1 atom stereocenters. The third kappa shape index (κ3) is 5.33. The lowest BCUT2D eigenvalue weighted by molar-refractivity contribution is 0.202. The van der Waals surface area contributed by atoms with Crippen molar-refractivity contribution in [1.29, 1.82) is 0 Å². The lowest BCUT2D eigenvalue weighted by atomic mass is 10.1. The van der Waals surface area contributed by atoms with Gasteiger partial charge in [0, 0.05) is 25.4 Å². The third-order valence-electron chi connectivity index (χ3n) is 4.31. The number of hydrogen-bond acceptors (Lipinski definition) is 3. The highest BCUT2D eigenvalue weighted by atomic mass is 16.5. The van der Waals surface area contributed by atoms with E-state index in [9.17, 15) is 0 Å². The van der Waals surface area contributed by atoms with E-state index in [2.05, 4.69) is 41.4 Å². The largest absolute Gasteiger partial charge is 0.384 e. The molecule has 0 aromatic heterocycles. The Morgan fingerprint density at radius 2 is 2.10 bits per heavy atom. The Hall–Kier alpha value is -1.06. The average Bonchev–Trinajstić information content (AvgIpc) is 2.72. The molecule has 1 aromatic carbocycles. The molecule has 1 aliphatic heterocycles. The van der Waals surface area contributed by atoms with Gasteiger partial charge in [-0.25, -0.2) is 0 Å². The minimum absolute atomic E-state index is 0.607. The highest BCUT2D eigenvalue weighted by molar-refractivity contribution is 5.51. The number of benzene rings is 1. The highest BCUT2D eigenvalue weighted by Crippen LogP contribution is 2.21. The number of anilines is 1. The first-order valence-corrected chi connectivity index (χ1v) is 8.39. The number of likely N-dealkylation sites (tertiary alicyclic amines) is 1. The molecule has 1 aromatic rings. The van der Waals surface area contributed by atoms with Gasteiger partial charge in [0.1, 0.15) is 0 Å². The van der Waals surface area contributed by atoms with E-state index in [1.54, 1.807) is 7.11 Å². The highest BCUT2D eigenvalue weighted by Gasteiger charge is 2.17. The van der Waals surface area contributed by atoms with Gasteiger partial charge in [-0.05, 0) is 56.8 Å². The molecule has 1 heterocycles. The zero-order chi connectivity index (χ0) is 14.9. The fourth-order valence-electron chi connectivity index (χ4n) is 3.15. The van der Waals surface area contributed by atoms with Crippen LogP contribution in [0, 0.1) is 0 Å². The zero-order valence-electron chi connectivity index (χ0n) is 13.6. The molecule has 0 radical (unpaired) electrons. The Morgan fingerprint density at radius 3 is 2.90 bits per heavy atom. The number of nitrogens with zero attached hydrogens (tertiary/aromatic N) is 1. The van der Waals surface area contributed by atoms with Gasteiger partial charge in [-0.15, -0.1) is 0 Å². The summed E-state index contributed by atoms with van der Waals surface area (Å²) in [7, 11) is 1.77. The summed E-state index contributed by atoms with van der Waals surface area (Å²) < 4.78 is 5.22. The van der Waals surface area contributed by atoms with Crippen molar-refractivity contribution in [2.75, 3.05) is 38.7 Å². The number of nitrogens with one attached hydrogen (secondary N) is 1. The van der Waals surface area contributed by atoms with Crippen molar-refractivity contribution in [3.05, 3.63) is 29.8 Å². The summed E-state index contributed by atoms with van der Waals surface area (Å²) in [4.78, 5) is 2.61. The summed E-state index contributed by atoms with van der Waals surface area (Å²) in [6, 6.07) is 9.27. The van der Waals surface area contributed by atoms with Crippen LogP contribution in [0.3, 0.4) is 0 Å². The number of methoxy groups -OCH3 is 1. The summed E-state index contributed by atoms with van der Waals surface area (Å²) >= 11 is 0. The first-order chi connectivity index (χ1) is 10.3. The van der Waals surface area contributed by atoms with Gasteiger partial charge in [0.05, 0.1) is 6.61 Å². The number of para-hydroxylation sites is 1. The van der Waals surface area contributed by atoms with Gasteiger partial charge in [0.25, 0.3) is 0 Å². The van der Waals surface area contributed by atoms with E-state index in [-0.39, 0.29) is 0 Å². The van der Waals surface area contributed by atoms with Gasteiger partial charge < -0.3 is 15.0 Å². The van der Waals surface area contributed by atoms with Crippen molar-refractivity contribution >= 4 is 5.69 Å². The van der Waals surface area contributed by atoms with Gasteiger partial charge in [-0.3, -0.25) is 0 Å². The third-order valence-corrected chi connectivity index (χ3v) is 4.31. The minimum atomic E-state index is 0.607. The van der Waals surface area contributed by atoms with E-state index in [1.807, 2.05) is 0 Å². The predicted molar refractivity (Wildman–Crippen MR) is 90.0 cm³/mol. The van der Waals surface area contributed by atoms with E-state index in [4.69, 9.17) is 4.74 Å². The van der Waals surface area contributed by atoms with Crippen LogP contribution in [0.1, 0.15) is 38.2 Å². The van der Waals surface area contributed by atoms with Crippen molar-refractivity contribution in [3.63, 3.8) is 0 Å². The van der Waals surface area contributed by atoms with Crippen molar-refractivity contribution in [1.82, 2.24) is 4.90 Å². The standard InChI is InChI=1S/C18H30N2O/c1-3-12-20-13-6-8-17(10-14-20)19-18-9-5-4-7-16(18)11-15-21-2/h4-5,7,9,17,19H,3,6,8,10-15H2,1-2H3. The fraction of sp³-hybridized carbons (Fsp3) is 0.667. The second-order valence-corrected chi connectivity index (χ2v) is 6.01. The number of ether oxygens (including phenoxy) is 1. The van der Waals surface area contributed by atoms with Gasteiger partial charge in [0.15, 0.2) is 0 Å². The quantitative estimate of drug-likeness (QED) is 0.831. The maximum atomic E-state index is 5.22. The lowest BCUT2D eigenvalue weighted by Crippen LogP contribution is -2.27. The molecular formula is C18H30N2O. The molecule has 1 N–H and O–H groups in total. The van der Waals surface area contributed by atoms with Crippen molar-refractivity contribution in [2.24, 2.45) is 0 Å². The van der Waals surface area contributed by atoms with Crippen molar-refractivity contribution < 1.29 is 4.74 Å². The topological polar surface area (TPSA) is 24.5 Å². The Morgan fingerprint density at radius 1 is 1.24 bits per heavy atom. The molecular weight excluding hydrogens is 260 g/mol. The predicted octanol–water partition coefficient (Wildman–Crippen LogP) is 3.55. The second-order valence-electron chi connectivity index (χ2n) is 6.01. The van der Waals surface area contributed by atoms with Crippen LogP contribution in [0.25, 0.3) is 0 Å². The summed E-state index contributed by atoms with van der Waals surface area (Å²) in [5.41, 5.74) is 2.66. The summed E-state index contributed by atoms with van der Waals surface area (Å²) in [6.07, 6.45) is 6.07. The summed E-state index contributed by atoms with van der Waals surface area (Å²) in [6.45, 7) is 6.79. The Kier molecular flexibility index (Phi) is 7.04. The Balaban J connectivity index is 1.92. The summed E-state index contributed by atoms with van der Waals surface area (Å²) in [5.74, 6) is 0. The molecule has 0 bridgehead atoms. The lowest BCUT2D eigenvalue weighted by Gasteiger charge is -2.21. The van der Waals surface area contributed by atoms with Crippen LogP contribution in [-0.2, 0) is 11.2 Å². The molecule has 1 aliphatic rings. The summed E-state index contributed by atoms with van der Waals surface area (Å²) in [5, 5.41) is 3.78. The number of hydrogen-bond donors (Lipinski definition) is 1. The second kappa shape index (κ2) is 9.06. The van der Waals surface area contributed by atoms with E-state index < -0.39 is 0 Å². The molecule has 3 heteroatoms.